The number of aromatic amines is 1. The molecule has 9 nitrogen and oxygen atoms in total. The van der Waals surface area contributed by atoms with Crippen LogP contribution >= 0.6 is 0 Å². The number of hydrogen-bond acceptors (Lipinski definition) is 6. The van der Waals surface area contributed by atoms with E-state index in [0.717, 1.165) is 0 Å². The minimum atomic E-state index is -0.792. The van der Waals surface area contributed by atoms with Crippen LogP contribution in [0.2, 0.25) is 0 Å². The van der Waals surface area contributed by atoms with Crippen molar-refractivity contribution in [3.05, 3.63) is 48.6 Å². The lowest BCUT2D eigenvalue weighted by atomic mass is 10.3. The SMILES string of the molecule is C[C@H](NC(=O)c1ccco1)C(=O)Nc1n[nH]c(-c2ccccn2)n1. The van der Waals surface area contributed by atoms with Crippen LogP contribution in [-0.4, -0.2) is 38.0 Å². The molecular formula is C15H14N6O3. The molecule has 1 atom stereocenters. The lowest BCUT2D eigenvalue weighted by molar-refractivity contribution is -0.117. The molecule has 3 aromatic rings. The second-order valence-corrected chi connectivity index (χ2v) is 4.88. The molecule has 3 rings (SSSR count). The molecule has 0 fully saturated rings. The first kappa shape index (κ1) is 15.4. The quantitative estimate of drug-likeness (QED) is 0.647. The van der Waals surface area contributed by atoms with Gasteiger partial charge in [-0.3, -0.25) is 25.0 Å². The summed E-state index contributed by atoms with van der Waals surface area (Å²) < 4.78 is 4.97. The minimum absolute atomic E-state index is 0.0970. The summed E-state index contributed by atoms with van der Waals surface area (Å²) in [4.78, 5) is 32.2. The van der Waals surface area contributed by atoms with Crippen LogP contribution in [0.25, 0.3) is 11.5 Å². The third-order valence-corrected chi connectivity index (χ3v) is 3.11. The molecule has 24 heavy (non-hydrogen) atoms. The Morgan fingerprint density at radius 3 is 2.83 bits per heavy atom. The Bertz CT molecular complexity index is 828. The van der Waals surface area contributed by atoms with Gasteiger partial charge in [0, 0.05) is 6.20 Å². The minimum Gasteiger partial charge on any atom is -0.459 e. The molecule has 0 saturated heterocycles. The average molecular weight is 326 g/mol. The molecule has 3 heterocycles. The summed E-state index contributed by atoms with van der Waals surface area (Å²) in [6.45, 7) is 1.54. The number of pyridine rings is 1. The van der Waals surface area contributed by atoms with Crippen LogP contribution in [0.4, 0.5) is 5.95 Å². The van der Waals surface area contributed by atoms with Crippen LogP contribution in [0.5, 0.6) is 0 Å². The van der Waals surface area contributed by atoms with Crippen molar-refractivity contribution in [1.29, 1.82) is 0 Å². The molecule has 0 saturated carbocycles. The third kappa shape index (κ3) is 3.46. The van der Waals surface area contributed by atoms with Gasteiger partial charge in [0.2, 0.25) is 11.9 Å². The summed E-state index contributed by atoms with van der Waals surface area (Å²) in [6.07, 6.45) is 3.01. The predicted molar refractivity (Wildman–Crippen MR) is 83.9 cm³/mol. The van der Waals surface area contributed by atoms with Gasteiger partial charge in [-0.25, -0.2) is 0 Å². The number of anilines is 1. The summed E-state index contributed by atoms with van der Waals surface area (Å²) in [7, 11) is 0. The Balaban J connectivity index is 1.60. The summed E-state index contributed by atoms with van der Waals surface area (Å²) >= 11 is 0. The van der Waals surface area contributed by atoms with Gasteiger partial charge >= 0.3 is 0 Å². The number of aromatic nitrogens is 4. The monoisotopic (exact) mass is 326 g/mol. The van der Waals surface area contributed by atoms with Gasteiger partial charge in [-0.15, -0.1) is 5.10 Å². The van der Waals surface area contributed by atoms with Gasteiger partial charge < -0.3 is 9.73 Å². The number of nitrogens with zero attached hydrogens (tertiary/aromatic N) is 3. The van der Waals surface area contributed by atoms with E-state index in [1.165, 1.54) is 12.3 Å². The van der Waals surface area contributed by atoms with Gasteiger partial charge in [0.25, 0.3) is 5.91 Å². The molecule has 3 N–H and O–H groups in total. The highest BCUT2D eigenvalue weighted by molar-refractivity contribution is 5.99. The second-order valence-electron chi connectivity index (χ2n) is 4.88. The van der Waals surface area contributed by atoms with E-state index in [-0.39, 0.29) is 11.7 Å². The maximum absolute atomic E-state index is 12.1. The Kier molecular flexibility index (Phi) is 4.32. The molecule has 122 valence electrons. The standard InChI is InChI=1S/C15H14N6O3/c1-9(17-14(23)11-6-4-8-24-11)13(22)19-15-18-12(20-21-15)10-5-2-3-7-16-10/h2-9H,1H3,(H,17,23)(H2,18,19,20,21,22)/t9-/m0/s1. The van der Waals surface area contributed by atoms with Crippen molar-refractivity contribution >= 4 is 17.8 Å². The van der Waals surface area contributed by atoms with Crippen molar-refractivity contribution in [2.24, 2.45) is 0 Å². The molecule has 0 bridgehead atoms. The lowest BCUT2D eigenvalue weighted by Gasteiger charge is -2.11. The van der Waals surface area contributed by atoms with Crippen LogP contribution in [0, 0.1) is 0 Å². The highest BCUT2D eigenvalue weighted by Crippen LogP contribution is 2.12. The van der Waals surface area contributed by atoms with Crippen molar-refractivity contribution in [2.45, 2.75) is 13.0 Å². The topological polar surface area (TPSA) is 126 Å². The number of furan rings is 1. The van der Waals surface area contributed by atoms with Gasteiger partial charge in [0.05, 0.1) is 6.26 Å². The predicted octanol–water partition coefficient (Wildman–Crippen LogP) is 1.22. The summed E-state index contributed by atoms with van der Waals surface area (Å²) in [5.41, 5.74) is 0.602. The van der Waals surface area contributed by atoms with E-state index in [1.807, 2.05) is 6.07 Å². The number of nitrogens with one attached hydrogen (secondary N) is 3. The Labute approximate surface area is 136 Å². The van der Waals surface area contributed by atoms with E-state index >= 15 is 0 Å². The molecule has 0 aliphatic carbocycles. The summed E-state index contributed by atoms with van der Waals surface area (Å²) in [6, 6.07) is 7.67. The molecule has 3 aromatic heterocycles. The highest BCUT2D eigenvalue weighted by Gasteiger charge is 2.19. The zero-order chi connectivity index (χ0) is 16.9. The maximum Gasteiger partial charge on any atom is 0.287 e. The zero-order valence-corrected chi connectivity index (χ0v) is 12.7. The molecule has 0 unspecified atom stereocenters. The van der Waals surface area contributed by atoms with Crippen LogP contribution in [0.3, 0.4) is 0 Å². The number of carbonyl (C=O) groups is 2. The van der Waals surface area contributed by atoms with E-state index in [1.54, 1.807) is 31.3 Å². The van der Waals surface area contributed by atoms with E-state index in [0.29, 0.717) is 11.5 Å². The van der Waals surface area contributed by atoms with Crippen molar-refractivity contribution in [3.8, 4) is 11.5 Å². The molecule has 0 aromatic carbocycles. The fraction of sp³-hybridized carbons (Fsp3) is 0.133. The molecule has 2 amide bonds. The summed E-state index contributed by atoms with van der Waals surface area (Å²) in [5.74, 6) is -0.281. The van der Waals surface area contributed by atoms with E-state index < -0.39 is 17.9 Å². The first-order valence-electron chi connectivity index (χ1n) is 7.12. The van der Waals surface area contributed by atoms with E-state index in [4.69, 9.17) is 4.42 Å². The van der Waals surface area contributed by atoms with Gasteiger partial charge in [-0.05, 0) is 31.2 Å². The number of hydrogen-bond donors (Lipinski definition) is 3. The van der Waals surface area contributed by atoms with Gasteiger partial charge in [-0.2, -0.15) is 4.98 Å². The molecule has 9 heteroatoms. The highest BCUT2D eigenvalue weighted by atomic mass is 16.3. The average Bonchev–Trinajstić information content (AvgIpc) is 3.27. The van der Waals surface area contributed by atoms with Gasteiger partial charge in [0.1, 0.15) is 11.7 Å². The van der Waals surface area contributed by atoms with Gasteiger partial charge in [-0.1, -0.05) is 6.07 Å². The van der Waals surface area contributed by atoms with Crippen molar-refractivity contribution in [2.75, 3.05) is 5.32 Å². The summed E-state index contributed by atoms with van der Waals surface area (Å²) in [5, 5.41) is 11.6. The van der Waals surface area contributed by atoms with Crippen molar-refractivity contribution in [1.82, 2.24) is 25.5 Å². The number of rotatable bonds is 5. The van der Waals surface area contributed by atoms with Crippen molar-refractivity contribution < 1.29 is 14.0 Å². The molecule has 0 radical (unpaired) electrons. The lowest BCUT2D eigenvalue weighted by Crippen LogP contribution is -2.41. The molecule has 0 spiro atoms. The van der Waals surface area contributed by atoms with Crippen LogP contribution < -0.4 is 10.6 Å². The van der Waals surface area contributed by atoms with Crippen molar-refractivity contribution in [3.63, 3.8) is 0 Å². The van der Waals surface area contributed by atoms with E-state index in [9.17, 15) is 9.59 Å². The third-order valence-electron chi connectivity index (χ3n) is 3.11. The molecular weight excluding hydrogens is 312 g/mol. The fourth-order valence-corrected chi connectivity index (χ4v) is 1.89. The van der Waals surface area contributed by atoms with Crippen LogP contribution in [-0.2, 0) is 4.79 Å². The number of H-pyrrole nitrogens is 1. The van der Waals surface area contributed by atoms with Gasteiger partial charge in [0.15, 0.2) is 11.6 Å². The Morgan fingerprint density at radius 1 is 1.25 bits per heavy atom. The fourth-order valence-electron chi connectivity index (χ4n) is 1.89. The second kappa shape index (κ2) is 6.73. The number of amides is 2. The van der Waals surface area contributed by atoms with Crippen LogP contribution in [0.15, 0.2) is 47.2 Å². The first-order chi connectivity index (χ1) is 11.6. The first-order valence-corrected chi connectivity index (χ1v) is 7.12. The molecule has 0 aliphatic rings. The number of carbonyl (C=O) groups excluding carboxylic acids is 2. The molecule has 0 aliphatic heterocycles. The van der Waals surface area contributed by atoms with Crippen LogP contribution in [0.1, 0.15) is 17.5 Å². The van der Waals surface area contributed by atoms with E-state index in [2.05, 4.69) is 30.8 Å². The smallest absolute Gasteiger partial charge is 0.287 e. The largest absolute Gasteiger partial charge is 0.459 e. The maximum atomic E-state index is 12.1. The normalized spacial score (nSPS) is 11.7. The Hall–Kier alpha value is -3.49. The Morgan fingerprint density at radius 2 is 2.12 bits per heavy atom. The zero-order valence-electron chi connectivity index (χ0n) is 12.7.